The lowest BCUT2D eigenvalue weighted by atomic mass is 10.2. The Morgan fingerprint density at radius 2 is 2.04 bits per heavy atom. The molecular formula is C17H17N3O2S. The second-order valence-electron chi connectivity index (χ2n) is 5.21. The van der Waals surface area contributed by atoms with Crippen molar-refractivity contribution in [1.29, 1.82) is 0 Å². The molecule has 2 aromatic heterocycles. The van der Waals surface area contributed by atoms with E-state index in [9.17, 15) is 9.59 Å². The summed E-state index contributed by atoms with van der Waals surface area (Å²) in [7, 11) is 0. The fourth-order valence-corrected chi connectivity index (χ4v) is 3.21. The molecule has 6 heteroatoms. The first-order chi connectivity index (χ1) is 11.2. The SMILES string of the molecule is CCN(Cc1ccccc1)C(=O)Cn1cnc2ccsc2c1=O. The summed E-state index contributed by atoms with van der Waals surface area (Å²) in [5.41, 5.74) is 1.59. The Labute approximate surface area is 137 Å². The molecule has 0 saturated heterocycles. The van der Waals surface area contributed by atoms with E-state index in [1.807, 2.05) is 42.6 Å². The average Bonchev–Trinajstić information content (AvgIpc) is 3.05. The van der Waals surface area contributed by atoms with Crippen LogP contribution in [0.25, 0.3) is 10.2 Å². The third-order valence-corrected chi connectivity index (χ3v) is 4.58. The number of rotatable bonds is 5. The number of amides is 1. The number of benzene rings is 1. The van der Waals surface area contributed by atoms with Crippen molar-refractivity contribution < 1.29 is 4.79 Å². The van der Waals surface area contributed by atoms with E-state index < -0.39 is 0 Å². The molecule has 0 aliphatic carbocycles. The van der Waals surface area contributed by atoms with Crippen molar-refractivity contribution in [2.24, 2.45) is 0 Å². The van der Waals surface area contributed by atoms with Gasteiger partial charge in [0.25, 0.3) is 5.56 Å². The van der Waals surface area contributed by atoms with Crippen molar-refractivity contribution >= 4 is 27.5 Å². The first-order valence-electron chi connectivity index (χ1n) is 7.43. The van der Waals surface area contributed by atoms with E-state index in [-0.39, 0.29) is 18.0 Å². The number of thiophene rings is 1. The number of aromatic nitrogens is 2. The number of carbonyl (C=O) groups excluding carboxylic acids is 1. The molecule has 1 amide bonds. The lowest BCUT2D eigenvalue weighted by Crippen LogP contribution is -2.36. The molecular weight excluding hydrogens is 310 g/mol. The van der Waals surface area contributed by atoms with E-state index in [0.29, 0.717) is 23.3 Å². The van der Waals surface area contributed by atoms with Crippen molar-refractivity contribution in [1.82, 2.24) is 14.5 Å². The summed E-state index contributed by atoms with van der Waals surface area (Å²) in [4.78, 5) is 30.8. The van der Waals surface area contributed by atoms with Gasteiger partial charge in [0.15, 0.2) is 0 Å². The molecule has 0 fully saturated rings. The molecule has 0 aliphatic heterocycles. The summed E-state index contributed by atoms with van der Waals surface area (Å²) in [6.07, 6.45) is 1.45. The average molecular weight is 327 g/mol. The molecule has 118 valence electrons. The summed E-state index contributed by atoms with van der Waals surface area (Å²) in [6, 6.07) is 11.6. The quantitative estimate of drug-likeness (QED) is 0.723. The highest BCUT2D eigenvalue weighted by Crippen LogP contribution is 2.13. The molecule has 23 heavy (non-hydrogen) atoms. The van der Waals surface area contributed by atoms with Crippen molar-refractivity contribution in [3.05, 3.63) is 64.0 Å². The van der Waals surface area contributed by atoms with Crippen LogP contribution in [0.4, 0.5) is 0 Å². The van der Waals surface area contributed by atoms with Crippen LogP contribution in [0.15, 0.2) is 52.9 Å². The topological polar surface area (TPSA) is 55.2 Å². The van der Waals surface area contributed by atoms with Gasteiger partial charge in [-0.1, -0.05) is 30.3 Å². The number of hydrogen-bond acceptors (Lipinski definition) is 4. The molecule has 5 nitrogen and oxygen atoms in total. The zero-order valence-corrected chi connectivity index (χ0v) is 13.6. The number of likely N-dealkylation sites (N-methyl/N-ethyl adjacent to an activating group) is 1. The smallest absolute Gasteiger partial charge is 0.271 e. The third kappa shape index (κ3) is 3.32. The standard InChI is InChI=1S/C17H17N3O2S/c1-2-19(10-13-6-4-3-5-7-13)15(21)11-20-12-18-14-8-9-23-16(14)17(20)22/h3-9,12H,2,10-11H2,1H3. The van der Waals surface area contributed by atoms with Gasteiger partial charge in [0, 0.05) is 13.1 Å². The maximum absolute atomic E-state index is 12.5. The van der Waals surface area contributed by atoms with Crippen molar-refractivity contribution in [2.45, 2.75) is 20.0 Å². The van der Waals surface area contributed by atoms with Gasteiger partial charge in [0.05, 0.1) is 11.8 Å². The van der Waals surface area contributed by atoms with Crippen molar-refractivity contribution in [3.63, 3.8) is 0 Å². The monoisotopic (exact) mass is 327 g/mol. The summed E-state index contributed by atoms with van der Waals surface area (Å²) in [5.74, 6) is -0.0869. The molecule has 0 spiro atoms. The molecule has 1 aromatic carbocycles. The summed E-state index contributed by atoms with van der Waals surface area (Å²) < 4.78 is 1.97. The lowest BCUT2D eigenvalue weighted by Gasteiger charge is -2.21. The van der Waals surface area contributed by atoms with Gasteiger partial charge < -0.3 is 4.90 Å². The Hall–Kier alpha value is -2.47. The van der Waals surface area contributed by atoms with E-state index >= 15 is 0 Å². The molecule has 0 unspecified atom stereocenters. The number of carbonyl (C=O) groups is 1. The van der Waals surface area contributed by atoms with E-state index in [1.54, 1.807) is 11.0 Å². The molecule has 3 aromatic rings. The van der Waals surface area contributed by atoms with Gasteiger partial charge in [-0.25, -0.2) is 4.98 Å². The van der Waals surface area contributed by atoms with Gasteiger partial charge in [-0.05, 0) is 23.9 Å². The molecule has 2 heterocycles. The Bertz CT molecular complexity index is 870. The molecule has 0 aliphatic rings. The van der Waals surface area contributed by atoms with Gasteiger partial charge >= 0.3 is 0 Å². The maximum Gasteiger partial charge on any atom is 0.271 e. The molecule has 0 N–H and O–H groups in total. The van der Waals surface area contributed by atoms with Crippen LogP contribution in [0, 0.1) is 0 Å². The van der Waals surface area contributed by atoms with E-state index in [0.717, 1.165) is 5.56 Å². The Balaban J connectivity index is 1.78. The van der Waals surface area contributed by atoms with Gasteiger partial charge in [-0.15, -0.1) is 11.3 Å². The molecule has 0 radical (unpaired) electrons. The first-order valence-corrected chi connectivity index (χ1v) is 8.31. The highest BCUT2D eigenvalue weighted by molar-refractivity contribution is 7.17. The molecule has 0 atom stereocenters. The summed E-state index contributed by atoms with van der Waals surface area (Å²) >= 11 is 1.35. The Morgan fingerprint density at radius 1 is 1.26 bits per heavy atom. The number of fused-ring (bicyclic) bond motifs is 1. The fraction of sp³-hybridized carbons (Fsp3) is 0.235. The fourth-order valence-electron chi connectivity index (χ4n) is 2.42. The van der Waals surface area contributed by atoms with E-state index in [4.69, 9.17) is 0 Å². The predicted molar refractivity (Wildman–Crippen MR) is 91.4 cm³/mol. The van der Waals surface area contributed by atoms with Crippen LogP contribution in [0.5, 0.6) is 0 Å². The van der Waals surface area contributed by atoms with Crippen LogP contribution in [0.2, 0.25) is 0 Å². The minimum Gasteiger partial charge on any atom is -0.337 e. The van der Waals surface area contributed by atoms with Crippen LogP contribution in [-0.4, -0.2) is 26.9 Å². The number of hydrogen-bond donors (Lipinski definition) is 0. The predicted octanol–water partition coefficient (Wildman–Crippen LogP) is 2.51. The summed E-state index contributed by atoms with van der Waals surface area (Å²) in [5, 5.41) is 1.83. The number of nitrogens with zero attached hydrogens (tertiary/aromatic N) is 3. The second-order valence-corrected chi connectivity index (χ2v) is 6.12. The minimum absolute atomic E-state index is 0.0142. The zero-order chi connectivity index (χ0) is 16.2. The van der Waals surface area contributed by atoms with Crippen LogP contribution in [-0.2, 0) is 17.9 Å². The van der Waals surface area contributed by atoms with Crippen molar-refractivity contribution in [3.8, 4) is 0 Å². The van der Waals surface area contributed by atoms with Crippen LogP contribution in [0.3, 0.4) is 0 Å². The molecule has 0 bridgehead atoms. The van der Waals surface area contributed by atoms with Crippen LogP contribution in [0.1, 0.15) is 12.5 Å². The highest BCUT2D eigenvalue weighted by atomic mass is 32.1. The van der Waals surface area contributed by atoms with Gasteiger partial charge in [-0.3, -0.25) is 14.2 Å². The second kappa shape index (κ2) is 6.75. The normalized spacial score (nSPS) is 10.8. The van der Waals surface area contributed by atoms with Gasteiger partial charge in [0.1, 0.15) is 11.2 Å². The van der Waals surface area contributed by atoms with Crippen LogP contribution >= 0.6 is 11.3 Å². The van der Waals surface area contributed by atoms with Gasteiger partial charge in [-0.2, -0.15) is 0 Å². The third-order valence-electron chi connectivity index (χ3n) is 3.69. The Morgan fingerprint density at radius 3 is 2.78 bits per heavy atom. The highest BCUT2D eigenvalue weighted by Gasteiger charge is 2.15. The first kappa shape index (κ1) is 15.4. The lowest BCUT2D eigenvalue weighted by molar-refractivity contribution is -0.132. The maximum atomic E-state index is 12.5. The van der Waals surface area contributed by atoms with Crippen LogP contribution < -0.4 is 5.56 Å². The molecule has 3 rings (SSSR count). The van der Waals surface area contributed by atoms with E-state index in [2.05, 4.69) is 4.98 Å². The van der Waals surface area contributed by atoms with E-state index in [1.165, 1.54) is 22.2 Å². The summed E-state index contributed by atoms with van der Waals surface area (Å²) in [6.45, 7) is 3.08. The largest absolute Gasteiger partial charge is 0.337 e. The zero-order valence-electron chi connectivity index (χ0n) is 12.8. The van der Waals surface area contributed by atoms with Crippen molar-refractivity contribution in [2.75, 3.05) is 6.54 Å². The van der Waals surface area contributed by atoms with Gasteiger partial charge in [0.2, 0.25) is 5.91 Å². The Kier molecular flexibility index (Phi) is 4.52. The minimum atomic E-state index is -0.158. The molecule has 0 saturated carbocycles.